The molecule has 1 atom stereocenters. The molecule has 0 aliphatic heterocycles. The standard InChI is InChI=1S/C14H12BrClN2O3S/c1-8(21-10-4-2-3-9(15)7-10)13(19)17-18-14(20)11-5-6-12(16)22-11/h2-8H,1H3,(H,17,19)(H,18,20). The molecule has 1 aromatic heterocycles. The zero-order valence-electron chi connectivity index (χ0n) is 11.4. The van der Waals surface area contributed by atoms with Crippen molar-refractivity contribution in [2.75, 3.05) is 0 Å². The maximum absolute atomic E-state index is 11.9. The number of halogens is 2. The fourth-order valence-electron chi connectivity index (χ4n) is 1.52. The van der Waals surface area contributed by atoms with Gasteiger partial charge in [0.2, 0.25) is 0 Å². The van der Waals surface area contributed by atoms with E-state index in [4.69, 9.17) is 16.3 Å². The van der Waals surface area contributed by atoms with Crippen molar-refractivity contribution in [1.29, 1.82) is 0 Å². The molecular formula is C14H12BrClN2O3S. The van der Waals surface area contributed by atoms with Crippen LogP contribution in [0, 0.1) is 0 Å². The number of hydrogen-bond acceptors (Lipinski definition) is 4. The molecule has 0 saturated heterocycles. The number of rotatable bonds is 4. The van der Waals surface area contributed by atoms with Crippen LogP contribution in [-0.4, -0.2) is 17.9 Å². The summed E-state index contributed by atoms with van der Waals surface area (Å²) in [5.74, 6) is -0.343. The maximum Gasteiger partial charge on any atom is 0.279 e. The lowest BCUT2D eigenvalue weighted by atomic mass is 10.3. The van der Waals surface area contributed by atoms with Crippen molar-refractivity contribution in [2.24, 2.45) is 0 Å². The molecule has 1 heterocycles. The van der Waals surface area contributed by atoms with Gasteiger partial charge in [0.05, 0.1) is 9.21 Å². The molecule has 116 valence electrons. The number of hydrazine groups is 1. The van der Waals surface area contributed by atoms with Crippen LogP contribution in [0.15, 0.2) is 40.9 Å². The largest absolute Gasteiger partial charge is 0.481 e. The van der Waals surface area contributed by atoms with Crippen molar-refractivity contribution < 1.29 is 14.3 Å². The number of benzene rings is 1. The van der Waals surface area contributed by atoms with E-state index in [0.29, 0.717) is 15.0 Å². The van der Waals surface area contributed by atoms with Crippen LogP contribution < -0.4 is 15.6 Å². The van der Waals surface area contributed by atoms with E-state index in [1.165, 1.54) is 0 Å². The van der Waals surface area contributed by atoms with Crippen LogP contribution in [0.25, 0.3) is 0 Å². The molecule has 0 radical (unpaired) electrons. The Hall–Kier alpha value is -1.57. The van der Waals surface area contributed by atoms with Crippen LogP contribution in [0.3, 0.4) is 0 Å². The van der Waals surface area contributed by atoms with E-state index >= 15 is 0 Å². The Kier molecular flexibility index (Phi) is 5.82. The fraction of sp³-hybridized carbons (Fsp3) is 0.143. The monoisotopic (exact) mass is 402 g/mol. The predicted octanol–water partition coefficient (Wildman–Crippen LogP) is 3.39. The quantitative estimate of drug-likeness (QED) is 0.769. The number of ether oxygens (including phenoxy) is 1. The summed E-state index contributed by atoms with van der Waals surface area (Å²) in [7, 11) is 0. The molecular weight excluding hydrogens is 392 g/mol. The van der Waals surface area contributed by atoms with Gasteiger partial charge in [-0.25, -0.2) is 0 Å². The Morgan fingerprint density at radius 1 is 1.27 bits per heavy atom. The number of carbonyl (C=O) groups is 2. The SMILES string of the molecule is CC(Oc1cccc(Br)c1)C(=O)NNC(=O)c1ccc(Cl)s1. The average molecular weight is 404 g/mol. The predicted molar refractivity (Wildman–Crippen MR) is 89.2 cm³/mol. The second kappa shape index (κ2) is 7.62. The molecule has 0 saturated carbocycles. The highest BCUT2D eigenvalue weighted by atomic mass is 79.9. The van der Waals surface area contributed by atoms with E-state index < -0.39 is 17.9 Å². The lowest BCUT2D eigenvalue weighted by Crippen LogP contribution is -2.47. The summed E-state index contributed by atoms with van der Waals surface area (Å²) >= 11 is 10.2. The Balaban J connectivity index is 1.85. The van der Waals surface area contributed by atoms with E-state index in [9.17, 15) is 9.59 Å². The van der Waals surface area contributed by atoms with Gasteiger partial charge in [0.25, 0.3) is 11.8 Å². The van der Waals surface area contributed by atoms with E-state index in [1.807, 2.05) is 6.07 Å². The summed E-state index contributed by atoms with van der Waals surface area (Å²) < 4.78 is 6.84. The topological polar surface area (TPSA) is 67.4 Å². The minimum atomic E-state index is -0.762. The normalized spacial score (nSPS) is 11.6. The highest BCUT2D eigenvalue weighted by Crippen LogP contribution is 2.21. The third-order valence-corrected chi connectivity index (χ3v) is 4.30. The van der Waals surface area contributed by atoms with Crippen LogP contribution in [-0.2, 0) is 4.79 Å². The number of carbonyl (C=O) groups excluding carboxylic acids is 2. The fourth-order valence-corrected chi connectivity index (χ4v) is 2.83. The summed E-state index contributed by atoms with van der Waals surface area (Å²) in [6, 6.07) is 10.3. The third kappa shape index (κ3) is 4.72. The van der Waals surface area contributed by atoms with Gasteiger partial charge in [-0.15, -0.1) is 11.3 Å². The van der Waals surface area contributed by atoms with Crippen molar-refractivity contribution in [3.8, 4) is 5.75 Å². The zero-order valence-corrected chi connectivity index (χ0v) is 14.6. The lowest BCUT2D eigenvalue weighted by molar-refractivity contribution is -0.128. The minimum absolute atomic E-state index is 0.408. The molecule has 2 rings (SSSR count). The van der Waals surface area contributed by atoms with Gasteiger partial charge in [-0.3, -0.25) is 20.4 Å². The van der Waals surface area contributed by atoms with Crippen molar-refractivity contribution >= 4 is 50.7 Å². The van der Waals surface area contributed by atoms with Crippen molar-refractivity contribution in [1.82, 2.24) is 10.9 Å². The first-order valence-corrected chi connectivity index (χ1v) is 8.22. The maximum atomic E-state index is 11.9. The van der Waals surface area contributed by atoms with Crippen LogP contribution in [0.5, 0.6) is 5.75 Å². The molecule has 0 fully saturated rings. The molecule has 1 unspecified atom stereocenters. The van der Waals surface area contributed by atoms with Crippen molar-refractivity contribution in [2.45, 2.75) is 13.0 Å². The third-order valence-electron chi connectivity index (χ3n) is 2.57. The van der Waals surface area contributed by atoms with Gasteiger partial charge in [-0.1, -0.05) is 33.6 Å². The molecule has 22 heavy (non-hydrogen) atoms. The molecule has 8 heteroatoms. The van der Waals surface area contributed by atoms with E-state index in [1.54, 1.807) is 37.3 Å². The van der Waals surface area contributed by atoms with Gasteiger partial charge in [0.15, 0.2) is 6.10 Å². The molecule has 0 aliphatic rings. The molecule has 0 bridgehead atoms. The first-order valence-electron chi connectivity index (χ1n) is 6.23. The number of amides is 2. The molecule has 0 spiro atoms. The van der Waals surface area contributed by atoms with Gasteiger partial charge in [0.1, 0.15) is 5.75 Å². The first-order chi connectivity index (χ1) is 10.5. The number of nitrogens with one attached hydrogen (secondary N) is 2. The van der Waals surface area contributed by atoms with Crippen molar-refractivity contribution in [3.63, 3.8) is 0 Å². The van der Waals surface area contributed by atoms with Crippen LogP contribution in [0.1, 0.15) is 16.6 Å². The van der Waals surface area contributed by atoms with Crippen LogP contribution >= 0.6 is 38.9 Å². The van der Waals surface area contributed by atoms with Gasteiger partial charge in [0, 0.05) is 4.47 Å². The second-order valence-electron chi connectivity index (χ2n) is 4.26. The van der Waals surface area contributed by atoms with Crippen LogP contribution in [0.4, 0.5) is 0 Å². The summed E-state index contributed by atoms with van der Waals surface area (Å²) in [5.41, 5.74) is 4.63. The average Bonchev–Trinajstić information content (AvgIpc) is 2.91. The minimum Gasteiger partial charge on any atom is -0.481 e. The molecule has 1 aromatic carbocycles. The highest BCUT2D eigenvalue weighted by molar-refractivity contribution is 9.10. The molecule has 0 aliphatic carbocycles. The highest BCUT2D eigenvalue weighted by Gasteiger charge is 2.16. The van der Waals surface area contributed by atoms with E-state index in [2.05, 4.69) is 26.8 Å². The summed E-state index contributed by atoms with van der Waals surface area (Å²) in [6.45, 7) is 1.59. The van der Waals surface area contributed by atoms with E-state index in [-0.39, 0.29) is 0 Å². The number of hydrogen-bond donors (Lipinski definition) is 2. The Morgan fingerprint density at radius 2 is 2.05 bits per heavy atom. The van der Waals surface area contributed by atoms with Crippen molar-refractivity contribution in [3.05, 3.63) is 50.1 Å². The smallest absolute Gasteiger partial charge is 0.279 e. The van der Waals surface area contributed by atoms with Gasteiger partial charge >= 0.3 is 0 Å². The van der Waals surface area contributed by atoms with Gasteiger partial charge < -0.3 is 4.74 Å². The molecule has 5 nitrogen and oxygen atoms in total. The summed E-state index contributed by atoms with van der Waals surface area (Å²) in [4.78, 5) is 24.1. The molecule has 2 N–H and O–H groups in total. The summed E-state index contributed by atoms with van der Waals surface area (Å²) in [5, 5.41) is 0. The molecule has 2 amide bonds. The molecule has 2 aromatic rings. The number of thiophene rings is 1. The Bertz CT molecular complexity index is 692. The lowest BCUT2D eigenvalue weighted by Gasteiger charge is -2.15. The zero-order chi connectivity index (χ0) is 16.1. The first kappa shape index (κ1) is 16.8. The Labute approximate surface area is 144 Å². The van der Waals surface area contributed by atoms with Gasteiger partial charge in [-0.2, -0.15) is 0 Å². The second-order valence-corrected chi connectivity index (χ2v) is 6.90. The van der Waals surface area contributed by atoms with Crippen LogP contribution in [0.2, 0.25) is 4.34 Å². The summed E-state index contributed by atoms with van der Waals surface area (Å²) in [6.07, 6.45) is -0.762. The Morgan fingerprint density at radius 3 is 2.68 bits per heavy atom. The van der Waals surface area contributed by atoms with E-state index in [0.717, 1.165) is 15.8 Å². The van der Waals surface area contributed by atoms with Gasteiger partial charge in [-0.05, 0) is 37.3 Å².